The van der Waals surface area contributed by atoms with E-state index in [0.717, 1.165) is 22.0 Å². The first-order chi connectivity index (χ1) is 11.7. The van der Waals surface area contributed by atoms with Crippen LogP contribution in [-0.4, -0.2) is 17.0 Å². The Bertz CT molecular complexity index is 1080. The fourth-order valence-electron chi connectivity index (χ4n) is 3.25. The van der Waals surface area contributed by atoms with Gasteiger partial charge in [-0.2, -0.15) is 10.5 Å². The number of aromatic nitrogens is 1. The lowest BCUT2D eigenvalue weighted by Crippen LogP contribution is -2.34. The molecule has 3 aromatic rings. The maximum Gasteiger partial charge on any atom is 0.268 e. The Morgan fingerprint density at radius 2 is 1.88 bits per heavy atom. The van der Waals surface area contributed by atoms with Gasteiger partial charge in [-0.3, -0.25) is 4.79 Å². The predicted molar refractivity (Wildman–Crippen MR) is 89.1 cm³/mol. The monoisotopic (exact) mass is 312 g/mol. The molecule has 0 unspecified atom stereocenters. The van der Waals surface area contributed by atoms with Gasteiger partial charge in [-0.15, -0.1) is 0 Å². The molecule has 1 amide bonds. The number of nitrogens with zero attached hydrogens (tertiary/aromatic N) is 3. The van der Waals surface area contributed by atoms with Gasteiger partial charge in [0.1, 0.15) is 5.69 Å². The lowest BCUT2D eigenvalue weighted by Gasteiger charge is -2.18. The summed E-state index contributed by atoms with van der Waals surface area (Å²) < 4.78 is 1.99. The molecule has 0 aliphatic carbocycles. The molecule has 0 spiro atoms. The highest BCUT2D eigenvalue weighted by Crippen LogP contribution is 2.33. The van der Waals surface area contributed by atoms with Crippen molar-refractivity contribution in [3.8, 4) is 23.3 Å². The van der Waals surface area contributed by atoms with Crippen molar-refractivity contribution in [2.24, 2.45) is 0 Å². The van der Waals surface area contributed by atoms with Gasteiger partial charge in [0.15, 0.2) is 0 Å². The summed E-state index contributed by atoms with van der Waals surface area (Å²) in [5.41, 5.74) is 4.34. The standard InChI is InChI=1S/C19H12N4O/c20-10-12-2-1-3-14(6-12)16-8-13(11-21)7-15-9-17-19(24)22-4-5-23(17)18(15)16/h1-3,6-9H,4-5H2,(H,22,24). The summed E-state index contributed by atoms with van der Waals surface area (Å²) in [5.74, 6) is -0.104. The quantitative estimate of drug-likeness (QED) is 0.750. The smallest absolute Gasteiger partial charge is 0.268 e. The lowest BCUT2D eigenvalue weighted by molar-refractivity contribution is 0.0929. The molecule has 4 rings (SSSR count). The van der Waals surface area contributed by atoms with E-state index in [0.29, 0.717) is 29.9 Å². The van der Waals surface area contributed by atoms with Crippen molar-refractivity contribution in [2.45, 2.75) is 6.54 Å². The maximum atomic E-state index is 12.1. The van der Waals surface area contributed by atoms with Crippen LogP contribution in [0.3, 0.4) is 0 Å². The van der Waals surface area contributed by atoms with Crippen LogP contribution in [0, 0.1) is 22.7 Å². The fourth-order valence-corrected chi connectivity index (χ4v) is 3.25. The van der Waals surface area contributed by atoms with Crippen LogP contribution < -0.4 is 5.32 Å². The van der Waals surface area contributed by atoms with E-state index in [4.69, 9.17) is 5.26 Å². The minimum atomic E-state index is -0.104. The van der Waals surface area contributed by atoms with E-state index in [1.54, 1.807) is 18.2 Å². The van der Waals surface area contributed by atoms with Crippen LogP contribution in [0.2, 0.25) is 0 Å². The zero-order valence-corrected chi connectivity index (χ0v) is 12.7. The minimum absolute atomic E-state index is 0.104. The van der Waals surface area contributed by atoms with E-state index in [9.17, 15) is 10.1 Å². The number of rotatable bonds is 1. The third kappa shape index (κ3) is 2.04. The number of benzene rings is 2. The SMILES string of the molecule is N#Cc1cccc(-c2cc(C#N)cc3cc4n(c23)CCNC4=O)c1. The average molecular weight is 312 g/mol. The van der Waals surface area contributed by atoms with Crippen molar-refractivity contribution in [1.29, 1.82) is 10.5 Å². The number of carbonyl (C=O) groups is 1. The normalized spacial score (nSPS) is 13.0. The van der Waals surface area contributed by atoms with Crippen LogP contribution in [0.4, 0.5) is 0 Å². The van der Waals surface area contributed by atoms with Crippen molar-refractivity contribution in [3.05, 3.63) is 59.3 Å². The summed E-state index contributed by atoms with van der Waals surface area (Å²) in [6.45, 7) is 1.26. The van der Waals surface area contributed by atoms with Crippen molar-refractivity contribution in [2.75, 3.05) is 6.54 Å². The predicted octanol–water partition coefficient (Wildman–Crippen LogP) is 2.80. The Labute approximate surface area is 138 Å². The summed E-state index contributed by atoms with van der Waals surface area (Å²) in [6.07, 6.45) is 0. The molecule has 0 saturated heterocycles. The largest absolute Gasteiger partial charge is 0.349 e. The summed E-state index contributed by atoms with van der Waals surface area (Å²) in [7, 11) is 0. The molecule has 1 N–H and O–H groups in total. The fraction of sp³-hybridized carbons (Fsp3) is 0.105. The number of amides is 1. The molecule has 5 heteroatoms. The number of hydrogen-bond acceptors (Lipinski definition) is 3. The number of hydrogen-bond donors (Lipinski definition) is 1. The van der Waals surface area contributed by atoms with Crippen molar-refractivity contribution in [3.63, 3.8) is 0 Å². The molecule has 0 radical (unpaired) electrons. The second kappa shape index (κ2) is 5.26. The molecule has 1 aromatic heterocycles. The van der Waals surface area contributed by atoms with E-state index in [2.05, 4.69) is 17.5 Å². The lowest BCUT2D eigenvalue weighted by atomic mass is 9.99. The van der Waals surface area contributed by atoms with Crippen LogP contribution in [0.5, 0.6) is 0 Å². The van der Waals surface area contributed by atoms with Gasteiger partial charge in [0.25, 0.3) is 5.91 Å². The Kier molecular flexibility index (Phi) is 3.08. The molecular weight excluding hydrogens is 300 g/mol. The first-order valence-corrected chi connectivity index (χ1v) is 7.57. The first-order valence-electron chi connectivity index (χ1n) is 7.57. The van der Waals surface area contributed by atoms with Gasteiger partial charge in [-0.05, 0) is 35.9 Å². The van der Waals surface area contributed by atoms with Gasteiger partial charge in [-0.25, -0.2) is 0 Å². The molecule has 1 aliphatic rings. The molecule has 24 heavy (non-hydrogen) atoms. The van der Waals surface area contributed by atoms with E-state index >= 15 is 0 Å². The number of nitriles is 2. The summed E-state index contributed by atoms with van der Waals surface area (Å²) >= 11 is 0. The summed E-state index contributed by atoms with van der Waals surface area (Å²) in [6, 6.07) is 17.0. The number of fused-ring (bicyclic) bond motifs is 3. The molecule has 5 nitrogen and oxygen atoms in total. The molecule has 0 atom stereocenters. The Hall–Kier alpha value is -3.57. The van der Waals surface area contributed by atoms with Crippen LogP contribution in [-0.2, 0) is 6.54 Å². The molecule has 2 aromatic carbocycles. The van der Waals surface area contributed by atoms with E-state index in [1.807, 2.05) is 28.8 Å². The third-order valence-corrected chi connectivity index (χ3v) is 4.28. The van der Waals surface area contributed by atoms with Gasteiger partial charge in [0.05, 0.1) is 28.8 Å². The van der Waals surface area contributed by atoms with Crippen LogP contribution in [0.1, 0.15) is 21.6 Å². The highest BCUT2D eigenvalue weighted by Gasteiger charge is 2.22. The van der Waals surface area contributed by atoms with Crippen molar-refractivity contribution >= 4 is 16.8 Å². The molecule has 114 valence electrons. The van der Waals surface area contributed by atoms with E-state index < -0.39 is 0 Å². The molecule has 1 aliphatic heterocycles. The summed E-state index contributed by atoms with van der Waals surface area (Å²) in [4.78, 5) is 12.1. The van der Waals surface area contributed by atoms with E-state index in [1.165, 1.54) is 0 Å². The Balaban J connectivity index is 2.08. The van der Waals surface area contributed by atoms with E-state index in [-0.39, 0.29) is 5.91 Å². The zero-order valence-electron chi connectivity index (χ0n) is 12.7. The third-order valence-electron chi connectivity index (χ3n) is 4.28. The van der Waals surface area contributed by atoms with Gasteiger partial charge in [0.2, 0.25) is 0 Å². The van der Waals surface area contributed by atoms with Crippen LogP contribution >= 0.6 is 0 Å². The molecule has 2 heterocycles. The van der Waals surface area contributed by atoms with Gasteiger partial charge in [0, 0.05) is 24.0 Å². The van der Waals surface area contributed by atoms with Gasteiger partial charge < -0.3 is 9.88 Å². The van der Waals surface area contributed by atoms with Gasteiger partial charge >= 0.3 is 0 Å². The van der Waals surface area contributed by atoms with Crippen LogP contribution in [0.25, 0.3) is 22.0 Å². The molecule has 0 bridgehead atoms. The zero-order chi connectivity index (χ0) is 16.7. The van der Waals surface area contributed by atoms with Crippen molar-refractivity contribution < 1.29 is 4.79 Å². The average Bonchev–Trinajstić information content (AvgIpc) is 3.01. The highest BCUT2D eigenvalue weighted by molar-refractivity contribution is 6.04. The molecule has 0 saturated carbocycles. The molecular formula is C19H12N4O. The number of carbonyl (C=O) groups excluding carboxylic acids is 1. The topological polar surface area (TPSA) is 81.6 Å². The minimum Gasteiger partial charge on any atom is -0.349 e. The highest BCUT2D eigenvalue weighted by atomic mass is 16.2. The summed E-state index contributed by atoms with van der Waals surface area (Å²) in [5, 5.41) is 22.2. The second-order valence-electron chi connectivity index (χ2n) is 5.70. The Morgan fingerprint density at radius 3 is 2.67 bits per heavy atom. The van der Waals surface area contributed by atoms with Crippen molar-refractivity contribution in [1.82, 2.24) is 9.88 Å². The Morgan fingerprint density at radius 1 is 1.04 bits per heavy atom. The first kappa shape index (κ1) is 14.0. The number of nitrogens with one attached hydrogen (secondary N) is 1. The van der Waals surface area contributed by atoms with Crippen LogP contribution in [0.15, 0.2) is 42.5 Å². The second-order valence-corrected chi connectivity index (χ2v) is 5.70. The maximum absolute atomic E-state index is 12.1. The van der Waals surface area contributed by atoms with Gasteiger partial charge in [-0.1, -0.05) is 12.1 Å². The molecule has 0 fully saturated rings.